The lowest BCUT2D eigenvalue weighted by Crippen LogP contribution is -2.22. The summed E-state index contributed by atoms with van der Waals surface area (Å²) in [6.45, 7) is 0.201. The summed E-state index contributed by atoms with van der Waals surface area (Å²) in [4.78, 5) is 14.7. The summed E-state index contributed by atoms with van der Waals surface area (Å²) in [7, 11) is 1.35. The highest BCUT2D eigenvalue weighted by Crippen LogP contribution is 2.28. The Balaban J connectivity index is 2.53. The summed E-state index contributed by atoms with van der Waals surface area (Å²) in [5, 5.41) is 1.53. The summed E-state index contributed by atoms with van der Waals surface area (Å²) in [6, 6.07) is 5.47. The highest BCUT2D eigenvalue weighted by Gasteiger charge is 2.22. The average Bonchev–Trinajstić information content (AvgIpc) is 2.73. The van der Waals surface area contributed by atoms with E-state index in [-0.39, 0.29) is 12.5 Å². The zero-order chi connectivity index (χ0) is 12.4. The predicted octanol–water partition coefficient (Wildman–Crippen LogP) is 2.04. The Bertz CT molecular complexity index is 550. The third-order valence-corrected chi connectivity index (χ3v) is 3.01. The van der Waals surface area contributed by atoms with Gasteiger partial charge in [0.05, 0.1) is 13.0 Å². The van der Waals surface area contributed by atoms with Crippen molar-refractivity contribution < 1.29 is 9.53 Å². The maximum Gasteiger partial charge on any atom is 0.314 e. The number of benzene rings is 1. The SMILES string of the molecule is COC(=O)[C@@H](CN)c1c[nH]c2ccc(Cl)cc12. The number of carbonyl (C=O) groups excluding carboxylic acids is 1. The first-order chi connectivity index (χ1) is 8.17. The fourth-order valence-electron chi connectivity index (χ4n) is 1.90. The normalized spacial score (nSPS) is 12.6. The van der Waals surface area contributed by atoms with E-state index in [1.807, 2.05) is 12.1 Å². The number of nitrogens with one attached hydrogen (secondary N) is 1. The van der Waals surface area contributed by atoms with Gasteiger partial charge in [-0.2, -0.15) is 0 Å². The molecule has 17 heavy (non-hydrogen) atoms. The van der Waals surface area contributed by atoms with Gasteiger partial charge in [0.15, 0.2) is 0 Å². The number of ether oxygens (including phenoxy) is 1. The highest BCUT2D eigenvalue weighted by atomic mass is 35.5. The van der Waals surface area contributed by atoms with Gasteiger partial charge < -0.3 is 15.5 Å². The number of aromatic nitrogens is 1. The zero-order valence-corrected chi connectivity index (χ0v) is 10.1. The topological polar surface area (TPSA) is 68.1 Å². The number of hydrogen-bond acceptors (Lipinski definition) is 3. The Kier molecular flexibility index (Phi) is 3.36. The van der Waals surface area contributed by atoms with Crippen LogP contribution in [0.4, 0.5) is 0 Å². The Morgan fingerprint density at radius 3 is 3.00 bits per heavy atom. The fourth-order valence-corrected chi connectivity index (χ4v) is 2.07. The number of rotatable bonds is 3. The van der Waals surface area contributed by atoms with Gasteiger partial charge in [0, 0.05) is 28.7 Å². The number of carbonyl (C=O) groups is 1. The largest absolute Gasteiger partial charge is 0.469 e. The summed E-state index contributed by atoms with van der Waals surface area (Å²) in [6.07, 6.45) is 1.77. The molecule has 0 unspecified atom stereocenters. The Hall–Kier alpha value is -1.52. The summed E-state index contributed by atoms with van der Waals surface area (Å²) in [5.41, 5.74) is 7.36. The van der Waals surface area contributed by atoms with E-state index < -0.39 is 5.92 Å². The molecule has 0 saturated heterocycles. The van der Waals surface area contributed by atoms with E-state index in [4.69, 9.17) is 22.1 Å². The molecule has 1 heterocycles. The fraction of sp³-hybridized carbons (Fsp3) is 0.250. The summed E-state index contributed by atoms with van der Waals surface area (Å²) in [5.74, 6) is -0.805. The molecule has 0 aliphatic heterocycles. The van der Waals surface area contributed by atoms with Crippen LogP contribution in [-0.4, -0.2) is 24.6 Å². The third kappa shape index (κ3) is 2.14. The second-order valence-corrected chi connectivity index (χ2v) is 4.18. The lowest BCUT2D eigenvalue weighted by Gasteiger charge is -2.11. The van der Waals surface area contributed by atoms with E-state index in [2.05, 4.69) is 4.98 Å². The van der Waals surface area contributed by atoms with Gasteiger partial charge in [0.1, 0.15) is 0 Å². The van der Waals surface area contributed by atoms with Crippen LogP contribution < -0.4 is 5.73 Å². The molecule has 3 N–H and O–H groups in total. The van der Waals surface area contributed by atoms with Crippen molar-refractivity contribution in [1.82, 2.24) is 4.98 Å². The van der Waals surface area contributed by atoms with Gasteiger partial charge in [-0.25, -0.2) is 0 Å². The molecule has 0 spiro atoms. The smallest absolute Gasteiger partial charge is 0.314 e. The van der Waals surface area contributed by atoms with Crippen molar-refractivity contribution in [2.45, 2.75) is 5.92 Å². The highest BCUT2D eigenvalue weighted by molar-refractivity contribution is 6.31. The van der Waals surface area contributed by atoms with Crippen LogP contribution in [0.2, 0.25) is 5.02 Å². The van der Waals surface area contributed by atoms with Crippen molar-refractivity contribution in [3.8, 4) is 0 Å². The first-order valence-corrected chi connectivity index (χ1v) is 5.59. The molecular weight excluding hydrogens is 240 g/mol. The molecule has 0 aliphatic carbocycles. The van der Waals surface area contributed by atoms with Gasteiger partial charge in [-0.05, 0) is 23.8 Å². The standard InChI is InChI=1S/C12H13ClN2O2/c1-17-12(16)9(5-14)10-6-15-11-3-2-7(13)4-8(10)11/h2-4,6,9,15H,5,14H2,1H3/t9-/m0/s1. The Morgan fingerprint density at radius 1 is 1.59 bits per heavy atom. The van der Waals surface area contributed by atoms with Gasteiger partial charge in [0.25, 0.3) is 0 Å². The molecule has 4 nitrogen and oxygen atoms in total. The van der Waals surface area contributed by atoms with Crippen LogP contribution >= 0.6 is 11.6 Å². The molecule has 0 fully saturated rings. The average molecular weight is 253 g/mol. The second-order valence-electron chi connectivity index (χ2n) is 3.75. The molecule has 90 valence electrons. The zero-order valence-electron chi connectivity index (χ0n) is 9.37. The van der Waals surface area contributed by atoms with Crippen LogP contribution in [0.1, 0.15) is 11.5 Å². The predicted molar refractivity (Wildman–Crippen MR) is 67.1 cm³/mol. The van der Waals surface area contributed by atoms with Crippen LogP contribution in [0.25, 0.3) is 10.9 Å². The molecule has 0 saturated carbocycles. The molecule has 1 atom stereocenters. The first-order valence-electron chi connectivity index (χ1n) is 5.21. The third-order valence-electron chi connectivity index (χ3n) is 2.77. The van der Waals surface area contributed by atoms with Gasteiger partial charge in [-0.3, -0.25) is 4.79 Å². The van der Waals surface area contributed by atoms with E-state index >= 15 is 0 Å². The summed E-state index contributed by atoms with van der Waals surface area (Å²) >= 11 is 5.95. The summed E-state index contributed by atoms with van der Waals surface area (Å²) < 4.78 is 4.74. The van der Waals surface area contributed by atoms with Gasteiger partial charge in [-0.15, -0.1) is 0 Å². The van der Waals surface area contributed by atoms with Crippen molar-refractivity contribution in [3.05, 3.63) is 35.0 Å². The first kappa shape index (κ1) is 12.0. The molecule has 1 aromatic heterocycles. The van der Waals surface area contributed by atoms with E-state index in [1.165, 1.54) is 7.11 Å². The van der Waals surface area contributed by atoms with Crippen LogP contribution in [0.5, 0.6) is 0 Å². The van der Waals surface area contributed by atoms with Crippen LogP contribution in [-0.2, 0) is 9.53 Å². The van der Waals surface area contributed by atoms with Crippen molar-refractivity contribution >= 4 is 28.5 Å². The number of halogens is 1. The van der Waals surface area contributed by atoms with Crippen molar-refractivity contribution in [1.29, 1.82) is 0 Å². The van der Waals surface area contributed by atoms with Crippen LogP contribution in [0.3, 0.4) is 0 Å². The Labute approximate surface area is 104 Å². The quantitative estimate of drug-likeness (QED) is 0.822. The van der Waals surface area contributed by atoms with Crippen LogP contribution in [0, 0.1) is 0 Å². The maximum absolute atomic E-state index is 11.6. The van der Waals surface area contributed by atoms with E-state index in [0.717, 1.165) is 16.5 Å². The minimum atomic E-state index is -0.466. The molecule has 5 heteroatoms. The molecule has 1 aromatic carbocycles. The number of hydrogen-bond donors (Lipinski definition) is 2. The van der Waals surface area contributed by atoms with Crippen LogP contribution in [0.15, 0.2) is 24.4 Å². The number of nitrogens with two attached hydrogens (primary N) is 1. The molecule has 0 aliphatic rings. The van der Waals surface area contributed by atoms with E-state index in [0.29, 0.717) is 5.02 Å². The number of esters is 1. The second kappa shape index (κ2) is 4.77. The molecule has 0 bridgehead atoms. The number of aromatic amines is 1. The van der Waals surface area contributed by atoms with Crippen molar-refractivity contribution in [3.63, 3.8) is 0 Å². The van der Waals surface area contributed by atoms with Gasteiger partial charge >= 0.3 is 5.97 Å². The molecule has 2 aromatic rings. The maximum atomic E-state index is 11.6. The van der Waals surface area contributed by atoms with E-state index in [9.17, 15) is 4.79 Å². The van der Waals surface area contributed by atoms with E-state index in [1.54, 1.807) is 12.3 Å². The number of H-pyrrole nitrogens is 1. The Morgan fingerprint density at radius 2 is 2.35 bits per heavy atom. The molecule has 0 radical (unpaired) electrons. The lowest BCUT2D eigenvalue weighted by molar-refractivity contribution is -0.142. The van der Waals surface area contributed by atoms with Gasteiger partial charge in [0.2, 0.25) is 0 Å². The minimum Gasteiger partial charge on any atom is -0.469 e. The monoisotopic (exact) mass is 252 g/mol. The van der Waals surface area contributed by atoms with Crippen molar-refractivity contribution in [2.75, 3.05) is 13.7 Å². The molecule has 0 amide bonds. The molecular formula is C12H13ClN2O2. The van der Waals surface area contributed by atoms with Gasteiger partial charge in [-0.1, -0.05) is 11.6 Å². The van der Waals surface area contributed by atoms with Crippen molar-refractivity contribution in [2.24, 2.45) is 5.73 Å². The number of methoxy groups -OCH3 is 1. The number of fused-ring (bicyclic) bond motifs is 1. The lowest BCUT2D eigenvalue weighted by atomic mass is 9.99. The minimum absolute atomic E-state index is 0.201. The molecule has 2 rings (SSSR count).